The lowest BCUT2D eigenvalue weighted by atomic mass is 9.77. The van der Waals surface area contributed by atoms with Crippen molar-refractivity contribution >= 4 is 16.3 Å². The van der Waals surface area contributed by atoms with Crippen molar-refractivity contribution in [3.63, 3.8) is 0 Å². The van der Waals surface area contributed by atoms with Crippen LogP contribution in [0.2, 0.25) is 0 Å². The van der Waals surface area contributed by atoms with Crippen molar-refractivity contribution in [1.29, 1.82) is 0 Å². The van der Waals surface area contributed by atoms with Crippen molar-refractivity contribution in [2.75, 3.05) is 0 Å². The van der Waals surface area contributed by atoms with Gasteiger partial charge in [-0.05, 0) is 73.7 Å². The second-order valence-electron chi connectivity index (χ2n) is 13.9. The molecule has 0 bridgehead atoms. The molecule has 2 aliphatic carbocycles. The fourth-order valence-electron chi connectivity index (χ4n) is 7.35. The van der Waals surface area contributed by atoms with Crippen LogP contribution in [0, 0.1) is 0 Å². The average molecular weight is 608 g/mol. The molecule has 8 rings (SSSR count). The van der Waals surface area contributed by atoms with Crippen molar-refractivity contribution in [2.24, 2.45) is 0 Å². The van der Waals surface area contributed by atoms with E-state index < -0.39 is 0 Å². The van der Waals surface area contributed by atoms with E-state index in [4.69, 9.17) is 15.0 Å². The number of rotatable bonds is 3. The van der Waals surface area contributed by atoms with Gasteiger partial charge in [-0.25, -0.2) is 15.0 Å². The Hall–Kier alpha value is -5.41. The van der Waals surface area contributed by atoms with Crippen LogP contribution in [0.5, 0.6) is 0 Å². The van der Waals surface area contributed by atoms with E-state index >= 15 is 0 Å². The van der Waals surface area contributed by atoms with Crippen LogP contribution in [0.15, 0.2) is 134 Å². The van der Waals surface area contributed by atoms with E-state index in [-0.39, 0.29) is 10.8 Å². The van der Waals surface area contributed by atoms with E-state index in [0.29, 0.717) is 17.5 Å². The average Bonchev–Trinajstić information content (AvgIpc) is 3.35. The summed E-state index contributed by atoms with van der Waals surface area (Å²) in [5.41, 5.74) is 11.3. The maximum Gasteiger partial charge on any atom is 0.164 e. The van der Waals surface area contributed by atoms with Crippen molar-refractivity contribution in [3.05, 3.63) is 156 Å². The van der Waals surface area contributed by atoms with Crippen LogP contribution in [-0.4, -0.2) is 15.0 Å². The SMILES string of the molecule is C=C1/C=C\C=C/CC(C)(C)c2cc(-c3nc(-c4ccc5c(c4)C(C)(C)c4ccccc4-5)nc(-c4cccc5ccccc45)n3)ccc21. The molecule has 0 unspecified atom stereocenters. The van der Waals surface area contributed by atoms with Gasteiger partial charge in [0.15, 0.2) is 17.5 Å². The van der Waals surface area contributed by atoms with E-state index in [1.54, 1.807) is 0 Å². The third kappa shape index (κ3) is 4.85. The molecule has 1 aromatic heterocycles. The molecule has 0 spiro atoms. The normalized spacial score (nSPS) is 17.1. The molecule has 3 nitrogen and oxygen atoms in total. The number of hydrogen-bond donors (Lipinski definition) is 0. The number of aromatic nitrogens is 3. The molecule has 5 aromatic carbocycles. The molecule has 47 heavy (non-hydrogen) atoms. The Labute approximate surface area is 277 Å². The summed E-state index contributed by atoms with van der Waals surface area (Å²) < 4.78 is 0. The lowest BCUT2D eigenvalue weighted by molar-refractivity contribution is 0.533. The van der Waals surface area contributed by atoms with Crippen LogP contribution in [0.3, 0.4) is 0 Å². The van der Waals surface area contributed by atoms with Gasteiger partial charge in [0.05, 0.1) is 0 Å². The van der Waals surface area contributed by atoms with Crippen LogP contribution in [-0.2, 0) is 10.8 Å². The van der Waals surface area contributed by atoms with Gasteiger partial charge in [0.1, 0.15) is 0 Å². The summed E-state index contributed by atoms with van der Waals surface area (Å²) in [4.78, 5) is 15.6. The molecule has 0 N–H and O–H groups in total. The van der Waals surface area contributed by atoms with Gasteiger partial charge in [-0.15, -0.1) is 0 Å². The highest BCUT2D eigenvalue weighted by Gasteiger charge is 2.35. The second kappa shape index (κ2) is 10.8. The summed E-state index contributed by atoms with van der Waals surface area (Å²) >= 11 is 0. The minimum atomic E-state index is -0.123. The van der Waals surface area contributed by atoms with E-state index in [9.17, 15) is 0 Å². The Morgan fingerprint density at radius 3 is 1.98 bits per heavy atom. The summed E-state index contributed by atoms with van der Waals surface area (Å²) in [5.74, 6) is 2.00. The maximum absolute atomic E-state index is 5.21. The maximum atomic E-state index is 5.21. The molecule has 0 aliphatic heterocycles. The first-order chi connectivity index (χ1) is 22.7. The first-order valence-corrected chi connectivity index (χ1v) is 16.4. The molecule has 0 fully saturated rings. The summed E-state index contributed by atoms with van der Waals surface area (Å²) in [7, 11) is 0. The number of allylic oxidation sites excluding steroid dienone is 5. The third-order valence-electron chi connectivity index (χ3n) is 10.0. The van der Waals surface area contributed by atoms with Crippen LogP contribution < -0.4 is 0 Å². The summed E-state index contributed by atoms with van der Waals surface area (Å²) in [6, 6.07) is 36.8. The Morgan fingerprint density at radius 1 is 0.553 bits per heavy atom. The zero-order valence-electron chi connectivity index (χ0n) is 27.4. The van der Waals surface area contributed by atoms with Gasteiger partial charge in [-0.3, -0.25) is 0 Å². The zero-order chi connectivity index (χ0) is 32.3. The first kappa shape index (κ1) is 29.0. The minimum Gasteiger partial charge on any atom is -0.208 e. The van der Waals surface area contributed by atoms with Gasteiger partial charge in [-0.2, -0.15) is 0 Å². The topological polar surface area (TPSA) is 38.7 Å². The quantitative estimate of drug-likeness (QED) is 0.201. The van der Waals surface area contributed by atoms with Crippen LogP contribution >= 0.6 is 0 Å². The predicted octanol–water partition coefficient (Wildman–Crippen LogP) is 11.1. The number of fused-ring (bicyclic) bond motifs is 5. The molecule has 3 heteroatoms. The lowest BCUT2D eigenvalue weighted by Crippen LogP contribution is -2.18. The molecule has 0 radical (unpaired) electrons. The third-order valence-corrected chi connectivity index (χ3v) is 10.0. The molecule has 0 saturated carbocycles. The fourth-order valence-corrected chi connectivity index (χ4v) is 7.35. The highest BCUT2D eigenvalue weighted by Crippen LogP contribution is 2.49. The molecule has 0 amide bonds. The molecular formula is C44H37N3. The Morgan fingerprint density at radius 2 is 1.17 bits per heavy atom. The number of hydrogen-bond acceptors (Lipinski definition) is 3. The van der Waals surface area contributed by atoms with Crippen molar-refractivity contribution in [2.45, 2.75) is 44.9 Å². The van der Waals surface area contributed by atoms with Gasteiger partial charge in [-0.1, -0.05) is 150 Å². The number of benzene rings is 5. The molecule has 0 atom stereocenters. The fraction of sp³-hybridized carbons (Fsp3) is 0.159. The highest BCUT2D eigenvalue weighted by atomic mass is 15.0. The Balaban J connectivity index is 1.34. The summed E-state index contributed by atoms with van der Waals surface area (Å²) in [6.07, 6.45) is 9.43. The van der Waals surface area contributed by atoms with Gasteiger partial charge >= 0.3 is 0 Å². The number of nitrogens with zero attached hydrogens (tertiary/aromatic N) is 3. The van der Waals surface area contributed by atoms with Crippen molar-refractivity contribution in [1.82, 2.24) is 15.0 Å². The monoisotopic (exact) mass is 607 g/mol. The molecule has 228 valence electrons. The van der Waals surface area contributed by atoms with E-state index in [1.165, 1.54) is 27.8 Å². The standard InChI is InChI=1S/C44H37N3/c1-28-14-7-6-12-25-43(2,3)38-26-30(21-23-32(28)38)40-45-41(47-42(46-40)36-19-13-16-29-15-8-9-17-33(29)36)31-22-24-35-34-18-10-11-20-37(34)44(4,5)39(35)27-31/h6-24,26-27H,1,25H2,2-5H3/b12-6-,14-7-. The molecule has 2 aliphatic rings. The Bertz CT molecular complexity index is 2300. The largest absolute Gasteiger partial charge is 0.208 e. The summed E-state index contributed by atoms with van der Waals surface area (Å²) in [5, 5.41) is 2.28. The van der Waals surface area contributed by atoms with Gasteiger partial charge in [0.25, 0.3) is 0 Å². The minimum absolute atomic E-state index is 0.105. The van der Waals surface area contributed by atoms with Gasteiger partial charge in [0.2, 0.25) is 0 Å². The summed E-state index contributed by atoms with van der Waals surface area (Å²) in [6.45, 7) is 13.6. The molecule has 1 heterocycles. The van der Waals surface area contributed by atoms with E-state index in [2.05, 4.69) is 162 Å². The van der Waals surface area contributed by atoms with Gasteiger partial charge in [0, 0.05) is 22.1 Å². The van der Waals surface area contributed by atoms with Gasteiger partial charge < -0.3 is 0 Å². The van der Waals surface area contributed by atoms with Crippen LogP contribution in [0.4, 0.5) is 0 Å². The van der Waals surface area contributed by atoms with Crippen LogP contribution in [0.1, 0.15) is 56.4 Å². The highest BCUT2D eigenvalue weighted by molar-refractivity contribution is 5.95. The molecule has 0 saturated heterocycles. The zero-order valence-corrected chi connectivity index (χ0v) is 27.4. The Kier molecular flexibility index (Phi) is 6.70. The van der Waals surface area contributed by atoms with E-state index in [1.807, 2.05) is 0 Å². The first-order valence-electron chi connectivity index (χ1n) is 16.4. The van der Waals surface area contributed by atoms with Crippen molar-refractivity contribution in [3.8, 4) is 45.3 Å². The molecular weight excluding hydrogens is 571 g/mol. The molecule has 6 aromatic rings. The second-order valence-corrected chi connectivity index (χ2v) is 13.9. The smallest absolute Gasteiger partial charge is 0.164 e. The predicted molar refractivity (Wildman–Crippen MR) is 196 cm³/mol. The van der Waals surface area contributed by atoms with Crippen molar-refractivity contribution < 1.29 is 0 Å². The van der Waals surface area contributed by atoms with Crippen LogP contribution in [0.25, 0.3) is 61.6 Å². The van der Waals surface area contributed by atoms with E-state index in [0.717, 1.165) is 45.0 Å². The lowest BCUT2D eigenvalue weighted by Gasteiger charge is -2.27.